The lowest BCUT2D eigenvalue weighted by molar-refractivity contribution is -0.385. The zero-order chi connectivity index (χ0) is 43.5. The Kier molecular flexibility index (Phi) is 15.7. The van der Waals surface area contributed by atoms with Gasteiger partial charge in [0.1, 0.15) is 11.6 Å². The zero-order valence-corrected chi connectivity index (χ0v) is 33.3. The quantitative estimate of drug-likeness (QED) is 0.0702. The number of esters is 1. The molecule has 4 amide bonds. The molecule has 0 fully saturated rings. The van der Waals surface area contributed by atoms with E-state index in [1.165, 1.54) is 76.6 Å². The predicted molar refractivity (Wildman–Crippen MR) is 207 cm³/mol. The Morgan fingerprint density at radius 1 is 0.931 bits per heavy atom. The van der Waals surface area contributed by atoms with Crippen molar-refractivity contribution in [2.75, 3.05) is 7.11 Å². The molecule has 2 aromatic carbocycles. The monoisotopic (exact) mass is 810 g/mol. The molecule has 0 saturated heterocycles. The summed E-state index contributed by atoms with van der Waals surface area (Å²) in [5.74, 6) is -4.67. The lowest BCUT2D eigenvalue weighted by Gasteiger charge is -2.44. The van der Waals surface area contributed by atoms with E-state index in [1.807, 2.05) is 0 Å². The molecule has 2 unspecified atom stereocenters. The van der Waals surface area contributed by atoms with Gasteiger partial charge in [-0.15, -0.1) is 0 Å². The van der Waals surface area contributed by atoms with E-state index >= 15 is 0 Å². The van der Waals surface area contributed by atoms with Gasteiger partial charge in [-0.05, 0) is 63.3 Å². The van der Waals surface area contributed by atoms with Gasteiger partial charge in [0.2, 0.25) is 17.7 Å². The number of nitrogens with zero attached hydrogens (tertiary/aromatic N) is 4. The predicted octanol–water partition coefficient (Wildman–Crippen LogP) is 2.96. The molecule has 0 bridgehead atoms. The summed E-state index contributed by atoms with van der Waals surface area (Å²) < 4.78 is 10.9. The van der Waals surface area contributed by atoms with E-state index in [9.17, 15) is 49.3 Å². The molecule has 1 heterocycles. The molecule has 6 N–H and O–H groups in total. The molecule has 1 aromatic heterocycles. The number of aromatic amines is 1. The van der Waals surface area contributed by atoms with Gasteiger partial charge in [0.25, 0.3) is 11.4 Å². The minimum Gasteiger partial charge on any atom is -0.467 e. The third kappa shape index (κ3) is 11.4. The van der Waals surface area contributed by atoms with E-state index in [0.29, 0.717) is 16.2 Å². The molecule has 0 spiro atoms. The number of carbonyl (C=O) groups excluding carboxylic acids is 5. The van der Waals surface area contributed by atoms with Gasteiger partial charge in [0, 0.05) is 36.9 Å². The summed E-state index contributed by atoms with van der Waals surface area (Å²) in [4.78, 5) is 98.7. The number of aromatic nitrogens is 2. The number of carbonyl (C=O) groups is 5. The zero-order valence-electron chi connectivity index (χ0n) is 33.3. The number of benzene rings is 2. The van der Waals surface area contributed by atoms with E-state index in [0.717, 1.165) is 19.2 Å². The molecule has 314 valence electrons. The van der Waals surface area contributed by atoms with Crippen LogP contribution in [0.25, 0.3) is 0 Å². The summed E-state index contributed by atoms with van der Waals surface area (Å²) in [6, 6.07) is 6.15. The van der Waals surface area contributed by atoms with Crippen molar-refractivity contribution in [1.82, 2.24) is 25.5 Å². The molecule has 58 heavy (non-hydrogen) atoms. The standard InChI is InChI=1S/C38H50N8O12/c1-8-22(2)38(35(51)57-7,25-11-15-28(16-12-25)46(55)56)44(36(52)58-37(4,5)6)32(48)19-31(47)29(17-24-9-13-27(14-10-24)45(53)54)42-34(50)30(43-33(49)23(3)39)18-26-20-40-21-41-26/h9-16,20-23,29-31,47H,8,17-19,39H2,1-7H3,(H,40,41)(H,42,50)(H,43,49)/t22-,23?,29-,30-,31?,38+/m0/s1. The topological polar surface area (TPSA) is 292 Å². The molecule has 0 saturated carbocycles. The number of imide groups is 1. The second-order valence-corrected chi connectivity index (χ2v) is 14.7. The number of H-pyrrole nitrogens is 1. The Morgan fingerprint density at radius 3 is 1.97 bits per heavy atom. The second-order valence-electron chi connectivity index (χ2n) is 14.7. The molecule has 20 nitrogen and oxygen atoms in total. The van der Waals surface area contributed by atoms with Crippen molar-refractivity contribution in [1.29, 1.82) is 0 Å². The number of non-ortho nitro benzene ring substituents is 2. The van der Waals surface area contributed by atoms with E-state index in [-0.39, 0.29) is 36.2 Å². The average molecular weight is 811 g/mol. The van der Waals surface area contributed by atoms with Crippen molar-refractivity contribution in [2.24, 2.45) is 11.7 Å². The van der Waals surface area contributed by atoms with Crippen LogP contribution in [0.3, 0.4) is 0 Å². The highest BCUT2D eigenvalue weighted by Gasteiger charge is 2.57. The van der Waals surface area contributed by atoms with Gasteiger partial charge in [-0.2, -0.15) is 0 Å². The fraction of sp³-hybridized carbons (Fsp3) is 0.474. The largest absolute Gasteiger partial charge is 0.467 e. The van der Waals surface area contributed by atoms with Crippen LogP contribution in [0.15, 0.2) is 61.1 Å². The first-order chi connectivity index (χ1) is 27.2. The number of amides is 4. The number of nitrogens with two attached hydrogens (primary N) is 1. The summed E-state index contributed by atoms with van der Waals surface area (Å²) in [5, 5.41) is 40.0. The highest BCUT2D eigenvalue weighted by Crippen LogP contribution is 2.42. The molecular weight excluding hydrogens is 760 g/mol. The van der Waals surface area contributed by atoms with Crippen molar-refractivity contribution in [3.8, 4) is 0 Å². The minimum absolute atomic E-state index is 0.0326. The highest BCUT2D eigenvalue weighted by molar-refractivity contribution is 6.00. The second kappa shape index (κ2) is 19.7. The van der Waals surface area contributed by atoms with Crippen molar-refractivity contribution in [3.63, 3.8) is 0 Å². The Morgan fingerprint density at radius 2 is 1.50 bits per heavy atom. The number of nitrogens with one attached hydrogen (secondary N) is 3. The summed E-state index contributed by atoms with van der Waals surface area (Å²) >= 11 is 0. The Balaban J connectivity index is 2.18. The molecule has 6 atom stereocenters. The number of imidazole rings is 1. The van der Waals surface area contributed by atoms with Gasteiger partial charge < -0.3 is 35.9 Å². The van der Waals surface area contributed by atoms with E-state index in [4.69, 9.17) is 15.2 Å². The maximum absolute atomic E-state index is 14.7. The van der Waals surface area contributed by atoms with Crippen LogP contribution in [-0.4, -0.2) is 96.5 Å². The molecule has 0 aliphatic carbocycles. The van der Waals surface area contributed by atoms with Crippen molar-refractivity contribution in [2.45, 2.75) is 103 Å². The van der Waals surface area contributed by atoms with Crippen LogP contribution in [0.1, 0.15) is 71.2 Å². The molecule has 3 rings (SSSR count). The molecule has 0 aliphatic rings. The third-order valence-corrected chi connectivity index (χ3v) is 9.31. The van der Waals surface area contributed by atoms with Crippen molar-refractivity contribution < 1.29 is 48.4 Å². The molecule has 0 aliphatic heterocycles. The Hall–Kier alpha value is -6.28. The average Bonchev–Trinajstić information content (AvgIpc) is 3.68. The lowest BCUT2D eigenvalue weighted by Crippen LogP contribution is -2.62. The highest BCUT2D eigenvalue weighted by atomic mass is 16.6. The molecular formula is C38H50N8O12. The number of ether oxygens (including phenoxy) is 2. The smallest absolute Gasteiger partial charge is 0.418 e. The van der Waals surface area contributed by atoms with Crippen LogP contribution in [0.4, 0.5) is 16.2 Å². The Labute approximate surface area is 334 Å². The fourth-order valence-electron chi connectivity index (χ4n) is 6.19. The van der Waals surface area contributed by atoms with Crippen molar-refractivity contribution in [3.05, 3.63) is 98.1 Å². The van der Waals surface area contributed by atoms with Crippen LogP contribution in [-0.2, 0) is 47.0 Å². The normalized spacial score (nSPS) is 15.0. The van der Waals surface area contributed by atoms with Gasteiger partial charge in [0.15, 0.2) is 5.54 Å². The summed E-state index contributed by atoms with van der Waals surface area (Å²) in [6.45, 7) is 9.23. The van der Waals surface area contributed by atoms with Crippen LogP contribution in [0.2, 0.25) is 0 Å². The number of nitro benzene ring substituents is 2. The maximum Gasteiger partial charge on any atom is 0.418 e. The SMILES string of the molecule is CC[C@H](C)[C@](C(=O)OC)(c1ccc([N+](=O)[O-])cc1)N(C(=O)CC(O)[C@H](Cc1ccc([N+](=O)[O-])cc1)NC(=O)[C@H](Cc1c[nH]cn1)NC(=O)C(C)N)C(=O)OC(C)(C)C. The van der Waals surface area contributed by atoms with Gasteiger partial charge >= 0.3 is 12.1 Å². The molecule has 20 heteroatoms. The first kappa shape index (κ1) is 46.1. The maximum atomic E-state index is 14.7. The summed E-state index contributed by atoms with van der Waals surface area (Å²) in [7, 11) is 1.04. The third-order valence-electron chi connectivity index (χ3n) is 9.31. The van der Waals surface area contributed by atoms with Gasteiger partial charge in [0.05, 0.1) is 53.6 Å². The number of aliphatic hydroxyl groups is 1. The molecule has 3 aromatic rings. The number of aliphatic hydroxyl groups excluding tert-OH is 1. The van der Waals surface area contributed by atoms with Crippen LogP contribution in [0, 0.1) is 26.1 Å². The first-order valence-corrected chi connectivity index (χ1v) is 18.3. The van der Waals surface area contributed by atoms with Crippen LogP contribution >= 0.6 is 0 Å². The van der Waals surface area contributed by atoms with Gasteiger partial charge in [-0.25, -0.2) is 19.5 Å². The molecule has 0 radical (unpaired) electrons. The number of nitro groups is 2. The van der Waals surface area contributed by atoms with Gasteiger partial charge in [-0.3, -0.25) is 34.6 Å². The van der Waals surface area contributed by atoms with Crippen LogP contribution in [0.5, 0.6) is 0 Å². The summed E-state index contributed by atoms with van der Waals surface area (Å²) in [5.41, 5.74) is 2.39. The van der Waals surface area contributed by atoms with E-state index in [2.05, 4.69) is 20.6 Å². The number of hydrogen-bond acceptors (Lipinski definition) is 14. The number of methoxy groups -OCH3 is 1. The number of rotatable bonds is 18. The number of hydrogen-bond donors (Lipinski definition) is 5. The Bertz CT molecular complexity index is 1930. The first-order valence-electron chi connectivity index (χ1n) is 18.3. The van der Waals surface area contributed by atoms with Crippen molar-refractivity contribution >= 4 is 41.2 Å². The lowest BCUT2D eigenvalue weighted by atomic mass is 9.75. The summed E-state index contributed by atoms with van der Waals surface area (Å²) in [6.07, 6.45) is -1.40. The van der Waals surface area contributed by atoms with E-state index < -0.39 is 87.3 Å². The fourth-order valence-corrected chi connectivity index (χ4v) is 6.19. The van der Waals surface area contributed by atoms with E-state index in [1.54, 1.807) is 13.8 Å². The van der Waals surface area contributed by atoms with Gasteiger partial charge in [-0.1, -0.05) is 32.4 Å². The minimum atomic E-state index is -2.30. The van der Waals surface area contributed by atoms with Crippen LogP contribution < -0.4 is 16.4 Å².